The van der Waals surface area contributed by atoms with Gasteiger partial charge in [-0.05, 0) is 42.3 Å². The van der Waals surface area contributed by atoms with Crippen LogP contribution in [0.15, 0.2) is 84.9 Å². The number of rotatable bonds is 5. The monoisotopic (exact) mass is 396 g/mol. The number of para-hydroxylation sites is 1. The normalized spacial score (nSPS) is 17.9. The summed E-state index contributed by atoms with van der Waals surface area (Å²) in [6, 6.07) is 28.3. The second-order valence-electron chi connectivity index (χ2n) is 7.81. The molecule has 4 heteroatoms. The van der Waals surface area contributed by atoms with E-state index in [0.29, 0.717) is 6.61 Å². The van der Waals surface area contributed by atoms with E-state index in [1.54, 1.807) is 0 Å². The van der Waals surface area contributed by atoms with Gasteiger partial charge in [-0.2, -0.15) is 0 Å². The average Bonchev–Trinajstić information content (AvgIpc) is 2.80. The van der Waals surface area contributed by atoms with Crippen LogP contribution in [0.1, 0.15) is 22.9 Å². The van der Waals surface area contributed by atoms with E-state index in [-0.39, 0.29) is 5.92 Å². The molecule has 4 nitrogen and oxygen atoms in total. The first-order chi connectivity index (χ1) is 14.8. The highest BCUT2D eigenvalue weighted by Gasteiger charge is 2.28. The summed E-state index contributed by atoms with van der Waals surface area (Å²) in [5.41, 5.74) is 4.95. The third-order valence-corrected chi connectivity index (χ3v) is 5.73. The van der Waals surface area contributed by atoms with Crippen LogP contribution in [0.5, 0.6) is 5.75 Å². The second kappa shape index (κ2) is 8.17. The van der Waals surface area contributed by atoms with Crippen LogP contribution in [-0.4, -0.2) is 16.6 Å². The molecule has 1 aromatic heterocycles. The molecule has 3 aromatic carbocycles. The highest BCUT2D eigenvalue weighted by molar-refractivity contribution is 5.78. The SMILES string of the molecule is OC1c2cc(OCc3ccc4ccccc4n3)ccc2NCC1Cc1ccccc1. The molecule has 0 amide bonds. The van der Waals surface area contributed by atoms with Crippen LogP contribution in [0.4, 0.5) is 5.69 Å². The fourth-order valence-electron chi connectivity index (χ4n) is 4.09. The summed E-state index contributed by atoms with van der Waals surface area (Å²) in [5.74, 6) is 0.863. The van der Waals surface area contributed by atoms with Crippen LogP contribution < -0.4 is 10.1 Å². The summed E-state index contributed by atoms with van der Waals surface area (Å²) in [5, 5.41) is 15.6. The molecule has 2 unspecified atom stereocenters. The average molecular weight is 396 g/mol. The van der Waals surface area contributed by atoms with Crippen LogP contribution in [0.25, 0.3) is 10.9 Å². The van der Waals surface area contributed by atoms with Crippen molar-refractivity contribution in [3.05, 3.63) is 102 Å². The Labute approximate surface area is 176 Å². The minimum absolute atomic E-state index is 0.123. The van der Waals surface area contributed by atoms with Gasteiger partial charge in [0, 0.05) is 29.1 Å². The number of aliphatic hydroxyl groups is 1. The number of nitrogens with zero attached hydrogens (tertiary/aromatic N) is 1. The van der Waals surface area contributed by atoms with E-state index in [0.717, 1.165) is 46.6 Å². The molecular formula is C26H24N2O2. The lowest BCUT2D eigenvalue weighted by Gasteiger charge is -2.31. The van der Waals surface area contributed by atoms with Crippen molar-refractivity contribution in [1.82, 2.24) is 4.98 Å². The minimum Gasteiger partial charge on any atom is -0.487 e. The summed E-state index contributed by atoms with van der Waals surface area (Å²) in [6.07, 6.45) is 0.310. The lowest BCUT2D eigenvalue weighted by Crippen LogP contribution is -2.29. The van der Waals surface area contributed by atoms with Gasteiger partial charge in [0.15, 0.2) is 0 Å². The Balaban J connectivity index is 1.30. The van der Waals surface area contributed by atoms with E-state index in [9.17, 15) is 5.11 Å². The Kier molecular flexibility index (Phi) is 5.08. The Bertz CT molecular complexity index is 1160. The number of nitrogens with one attached hydrogen (secondary N) is 1. The summed E-state index contributed by atoms with van der Waals surface area (Å²) in [4.78, 5) is 4.66. The summed E-state index contributed by atoms with van der Waals surface area (Å²) >= 11 is 0. The van der Waals surface area contributed by atoms with Crippen molar-refractivity contribution >= 4 is 16.6 Å². The number of hydrogen-bond donors (Lipinski definition) is 2. The van der Waals surface area contributed by atoms with Crippen molar-refractivity contribution in [2.45, 2.75) is 19.1 Å². The first-order valence-electron chi connectivity index (χ1n) is 10.3. The Morgan fingerprint density at radius 2 is 1.77 bits per heavy atom. The smallest absolute Gasteiger partial charge is 0.130 e. The zero-order chi connectivity index (χ0) is 20.3. The van der Waals surface area contributed by atoms with Gasteiger partial charge < -0.3 is 15.2 Å². The largest absolute Gasteiger partial charge is 0.487 e. The van der Waals surface area contributed by atoms with Crippen molar-refractivity contribution in [2.24, 2.45) is 5.92 Å². The molecule has 2 heterocycles. The van der Waals surface area contributed by atoms with E-state index >= 15 is 0 Å². The first-order valence-corrected chi connectivity index (χ1v) is 10.3. The molecule has 0 saturated heterocycles. The number of ether oxygens (including phenoxy) is 1. The molecule has 2 N–H and O–H groups in total. The zero-order valence-corrected chi connectivity index (χ0v) is 16.7. The van der Waals surface area contributed by atoms with Gasteiger partial charge in [-0.15, -0.1) is 0 Å². The van der Waals surface area contributed by atoms with E-state index in [2.05, 4.69) is 34.6 Å². The van der Waals surface area contributed by atoms with Gasteiger partial charge in [0.25, 0.3) is 0 Å². The van der Waals surface area contributed by atoms with Gasteiger partial charge >= 0.3 is 0 Å². The summed E-state index contributed by atoms with van der Waals surface area (Å²) in [7, 11) is 0. The van der Waals surface area contributed by atoms with Crippen LogP contribution in [-0.2, 0) is 13.0 Å². The van der Waals surface area contributed by atoms with Crippen molar-refractivity contribution < 1.29 is 9.84 Å². The summed E-state index contributed by atoms with van der Waals surface area (Å²) in [6.45, 7) is 1.14. The van der Waals surface area contributed by atoms with Gasteiger partial charge in [-0.25, -0.2) is 4.98 Å². The minimum atomic E-state index is -0.524. The van der Waals surface area contributed by atoms with Crippen LogP contribution in [0, 0.1) is 5.92 Å². The van der Waals surface area contributed by atoms with Crippen LogP contribution in [0.2, 0.25) is 0 Å². The summed E-state index contributed by atoms with van der Waals surface area (Å²) < 4.78 is 6.01. The molecule has 1 aliphatic rings. The number of anilines is 1. The molecule has 2 atom stereocenters. The molecule has 0 fully saturated rings. The number of fused-ring (bicyclic) bond motifs is 2. The van der Waals surface area contributed by atoms with Crippen molar-refractivity contribution in [3.63, 3.8) is 0 Å². The zero-order valence-electron chi connectivity index (χ0n) is 16.7. The molecule has 0 spiro atoms. The molecule has 150 valence electrons. The Hall–Kier alpha value is -3.37. The van der Waals surface area contributed by atoms with Gasteiger partial charge in [-0.3, -0.25) is 0 Å². The van der Waals surface area contributed by atoms with Crippen LogP contribution >= 0.6 is 0 Å². The lowest BCUT2D eigenvalue weighted by atomic mass is 9.86. The molecule has 0 aliphatic carbocycles. The molecule has 4 aromatic rings. The highest BCUT2D eigenvalue weighted by Crippen LogP contribution is 2.37. The Morgan fingerprint density at radius 3 is 2.67 bits per heavy atom. The lowest BCUT2D eigenvalue weighted by molar-refractivity contribution is 0.110. The fourth-order valence-corrected chi connectivity index (χ4v) is 4.09. The van der Waals surface area contributed by atoms with Crippen LogP contribution in [0.3, 0.4) is 0 Å². The van der Waals surface area contributed by atoms with Gasteiger partial charge in [0.2, 0.25) is 0 Å². The maximum atomic E-state index is 11.0. The molecule has 1 aliphatic heterocycles. The number of pyridine rings is 1. The third kappa shape index (κ3) is 3.87. The van der Waals surface area contributed by atoms with E-state index in [1.165, 1.54) is 5.56 Å². The van der Waals surface area contributed by atoms with Gasteiger partial charge in [-0.1, -0.05) is 54.6 Å². The molecular weight excluding hydrogens is 372 g/mol. The fraction of sp³-hybridized carbons (Fsp3) is 0.192. The third-order valence-electron chi connectivity index (χ3n) is 5.73. The Morgan fingerprint density at radius 1 is 0.933 bits per heavy atom. The van der Waals surface area contributed by atoms with Gasteiger partial charge in [0.05, 0.1) is 17.3 Å². The molecule has 0 radical (unpaired) electrons. The van der Waals surface area contributed by atoms with E-state index in [4.69, 9.17) is 4.74 Å². The standard InChI is InChI=1S/C26H24N2O2/c29-26-20(14-18-6-2-1-3-7-18)16-27-25-13-12-22(15-23(25)26)30-17-21-11-10-19-8-4-5-9-24(19)28-21/h1-13,15,20,26-27,29H,14,16-17H2. The maximum absolute atomic E-state index is 11.0. The topological polar surface area (TPSA) is 54.4 Å². The van der Waals surface area contributed by atoms with Gasteiger partial charge in [0.1, 0.15) is 12.4 Å². The van der Waals surface area contributed by atoms with Crippen molar-refractivity contribution in [3.8, 4) is 5.75 Å². The number of aromatic nitrogens is 1. The first kappa shape index (κ1) is 18.6. The highest BCUT2D eigenvalue weighted by atomic mass is 16.5. The molecule has 0 bridgehead atoms. The molecule has 30 heavy (non-hydrogen) atoms. The van der Waals surface area contributed by atoms with Crippen molar-refractivity contribution in [2.75, 3.05) is 11.9 Å². The molecule has 0 saturated carbocycles. The maximum Gasteiger partial charge on any atom is 0.130 e. The number of benzene rings is 3. The second-order valence-corrected chi connectivity index (χ2v) is 7.81. The molecule has 5 rings (SSSR count). The van der Waals surface area contributed by atoms with E-state index < -0.39 is 6.10 Å². The number of aliphatic hydroxyl groups excluding tert-OH is 1. The number of hydrogen-bond acceptors (Lipinski definition) is 4. The predicted molar refractivity (Wildman–Crippen MR) is 120 cm³/mol. The van der Waals surface area contributed by atoms with E-state index in [1.807, 2.05) is 60.7 Å². The van der Waals surface area contributed by atoms with Crippen molar-refractivity contribution in [1.29, 1.82) is 0 Å². The predicted octanol–water partition coefficient (Wildman–Crippen LogP) is 5.13. The quantitative estimate of drug-likeness (QED) is 0.491.